The van der Waals surface area contributed by atoms with E-state index in [4.69, 9.17) is 5.73 Å². The van der Waals surface area contributed by atoms with Gasteiger partial charge in [0.05, 0.1) is 0 Å². The van der Waals surface area contributed by atoms with E-state index in [1.165, 1.54) is 30.4 Å². The van der Waals surface area contributed by atoms with Crippen molar-refractivity contribution in [2.45, 2.75) is 0 Å². The van der Waals surface area contributed by atoms with Crippen LogP contribution >= 0.6 is 0 Å². The molecule has 0 saturated heterocycles. The van der Waals surface area contributed by atoms with Crippen molar-refractivity contribution in [2.24, 2.45) is 5.73 Å². The molecule has 1 aromatic carbocycles. The smallest absolute Gasteiger partial charge is 0.133 e. The fourth-order valence-corrected chi connectivity index (χ4v) is 0.856. The van der Waals surface area contributed by atoms with Crippen LogP contribution in [0, 0.1) is 11.6 Å². The van der Waals surface area contributed by atoms with Gasteiger partial charge in [-0.05, 0) is 12.1 Å². The average molecular weight is 169 g/mol. The third-order valence-corrected chi connectivity index (χ3v) is 1.42. The van der Waals surface area contributed by atoms with Gasteiger partial charge in [-0.1, -0.05) is 18.2 Å². The monoisotopic (exact) mass is 169 g/mol. The molecule has 0 fully saturated rings. The van der Waals surface area contributed by atoms with E-state index >= 15 is 0 Å². The van der Waals surface area contributed by atoms with Crippen LogP contribution in [0.5, 0.6) is 0 Å². The molecule has 0 saturated carbocycles. The van der Waals surface area contributed by atoms with Crippen molar-refractivity contribution in [1.29, 1.82) is 0 Å². The van der Waals surface area contributed by atoms with Crippen LogP contribution in [-0.4, -0.2) is 6.54 Å². The topological polar surface area (TPSA) is 26.0 Å². The highest BCUT2D eigenvalue weighted by molar-refractivity contribution is 5.50. The van der Waals surface area contributed by atoms with Crippen molar-refractivity contribution in [3.05, 3.63) is 41.5 Å². The van der Waals surface area contributed by atoms with Crippen LogP contribution in [0.4, 0.5) is 8.78 Å². The van der Waals surface area contributed by atoms with E-state index in [-0.39, 0.29) is 12.1 Å². The maximum absolute atomic E-state index is 12.8. The molecule has 0 aromatic heterocycles. The summed E-state index contributed by atoms with van der Waals surface area (Å²) in [5.74, 6) is -1.14. The second kappa shape index (κ2) is 3.97. The SMILES string of the molecule is NCC=Cc1c(F)cccc1F. The van der Waals surface area contributed by atoms with Crippen LogP contribution in [0.2, 0.25) is 0 Å². The Morgan fingerprint density at radius 1 is 1.25 bits per heavy atom. The van der Waals surface area contributed by atoms with Crippen LogP contribution in [0.15, 0.2) is 24.3 Å². The summed E-state index contributed by atoms with van der Waals surface area (Å²) in [6, 6.07) is 3.74. The minimum Gasteiger partial charge on any atom is -0.327 e. The van der Waals surface area contributed by atoms with Crippen LogP contribution in [0.3, 0.4) is 0 Å². The summed E-state index contributed by atoms with van der Waals surface area (Å²) in [5.41, 5.74) is 5.11. The molecule has 0 bridgehead atoms. The van der Waals surface area contributed by atoms with Gasteiger partial charge in [0.1, 0.15) is 11.6 Å². The summed E-state index contributed by atoms with van der Waals surface area (Å²) in [6.45, 7) is 0.272. The standard InChI is InChI=1S/C9H9F2N/c10-8-4-1-5-9(11)7(8)3-2-6-12/h1-5H,6,12H2. The zero-order valence-corrected chi connectivity index (χ0v) is 6.43. The van der Waals surface area contributed by atoms with Crippen LogP contribution in [-0.2, 0) is 0 Å². The van der Waals surface area contributed by atoms with Crippen LogP contribution < -0.4 is 5.73 Å². The fourth-order valence-electron chi connectivity index (χ4n) is 0.856. The fraction of sp³-hybridized carbons (Fsp3) is 0.111. The molecule has 3 heteroatoms. The van der Waals surface area contributed by atoms with Gasteiger partial charge in [0, 0.05) is 12.1 Å². The van der Waals surface area contributed by atoms with Crippen LogP contribution in [0.25, 0.3) is 6.08 Å². The number of nitrogens with two attached hydrogens (primary N) is 1. The number of rotatable bonds is 2. The van der Waals surface area contributed by atoms with Gasteiger partial charge in [0.25, 0.3) is 0 Å². The number of hydrogen-bond donors (Lipinski definition) is 1. The molecular weight excluding hydrogens is 160 g/mol. The Labute approximate surface area is 69.5 Å². The second-order valence-electron chi connectivity index (χ2n) is 2.27. The summed E-state index contributed by atoms with van der Waals surface area (Å²) >= 11 is 0. The Balaban J connectivity index is 3.04. The van der Waals surface area contributed by atoms with Crippen molar-refractivity contribution in [1.82, 2.24) is 0 Å². The van der Waals surface area contributed by atoms with Gasteiger partial charge in [-0.3, -0.25) is 0 Å². The van der Waals surface area contributed by atoms with E-state index in [9.17, 15) is 8.78 Å². The van der Waals surface area contributed by atoms with E-state index in [0.717, 1.165) is 0 Å². The molecule has 0 aliphatic rings. The highest BCUT2D eigenvalue weighted by atomic mass is 19.1. The van der Waals surface area contributed by atoms with E-state index in [1.54, 1.807) is 0 Å². The number of benzene rings is 1. The van der Waals surface area contributed by atoms with Crippen molar-refractivity contribution < 1.29 is 8.78 Å². The molecule has 0 aliphatic heterocycles. The lowest BCUT2D eigenvalue weighted by Gasteiger charge is -1.97. The Bertz CT molecular complexity index is 274. The van der Waals surface area contributed by atoms with Gasteiger partial charge < -0.3 is 5.73 Å². The van der Waals surface area contributed by atoms with Crippen LogP contribution in [0.1, 0.15) is 5.56 Å². The third-order valence-electron chi connectivity index (χ3n) is 1.42. The maximum Gasteiger partial charge on any atom is 0.133 e. The average Bonchev–Trinajstić information content (AvgIpc) is 2.04. The highest BCUT2D eigenvalue weighted by Crippen LogP contribution is 2.12. The zero-order chi connectivity index (χ0) is 8.97. The quantitative estimate of drug-likeness (QED) is 0.719. The summed E-state index contributed by atoms with van der Waals surface area (Å²) in [6.07, 6.45) is 2.84. The highest BCUT2D eigenvalue weighted by Gasteiger charge is 2.02. The largest absolute Gasteiger partial charge is 0.327 e. The molecule has 12 heavy (non-hydrogen) atoms. The van der Waals surface area contributed by atoms with E-state index in [2.05, 4.69) is 0 Å². The normalized spacial score (nSPS) is 10.9. The Hall–Kier alpha value is -1.22. The van der Waals surface area contributed by atoms with E-state index in [1.807, 2.05) is 0 Å². The molecule has 0 unspecified atom stereocenters. The molecular formula is C9H9F2N. The predicted octanol–water partition coefficient (Wildman–Crippen LogP) is 1.94. The van der Waals surface area contributed by atoms with Crippen molar-refractivity contribution in [3.8, 4) is 0 Å². The summed E-state index contributed by atoms with van der Waals surface area (Å²) in [4.78, 5) is 0. The minimum atomic E-state index is -0.570. The lowest BCUT2D eigenvalue weighted by Crippen LogP contribution is -1.93. The molecule has 1 nitrogen and oxygen atoms in total. The molecule has 0 heterocycles. The van der Waals surface area contributed by atoms with Gasteiger partial charge >= 0.3 is 0 Å². The van der Waals surface area contributed by atoms with Gasteiger partial charge in [0.15, 0.2) is 0 Å². The first-order chi connectivity index (χ1) is 5.75. The molecule has 0 spiro atoms. The molecule has 0 aliphatic carbocycles. The number of hydrogen-bond acceptors (Lipinski definition) is 1. The minimum absolute atomic E-state index is 0.0389. The molecule has 0 amide bonds. The van der Waals surface area contributed by atoms with Crippen molar-refractivity contribution >= 4 is 6.08 Å². The Kier molecular flexibility index (Phi) is 2.94. The third kappa shape index (κ3) is 1.89. The summed E-state index contributed by atoms with van der Waals surface area (Å²) in [7, 11) is 0. The molecule has 0 atom stereocenters. The lowest BCUT2D eigenvalue weighted by molar-refractivity contribution is 0.578. The lowest BCUT2D eigenvalue weighted by atomic mass is 10.2. The van der Waals surface area contributed by atoms with Crippen molar-refractivity contribution in [3.63, 3.8) is 0 Å². The van der Waals surface area contributed by atoms with Gasteiger partial charge in [-0.15, -0.1) is 0 Å². The van der Waals surface area contributed by atoms with Gasteiger partial charge in [-0.25, -0.2) is 8.78 Å². The number of halogens is 2. The first kappa shape index (κ1) is 8.87. The maximum atomic E-state index is 12.8. The molecule has 1 aromatic rings. The van der Waals surface area contributed by atoms with Crippen molar-refractivity contribution in [2.75, 3.05) is 6.54 Å². The Morgan fingerprint density at radius 2 is 1.83 bits per heavy atom. The zero-order valence-electron chi connectivity index (χ0n) is 6.43. The van der Waals surface area contributed by atoms with E-state index in [0.29, 0.717) is 0 Å². The summed E-state index contributed by atoms with van der Waals surface area (Å²) < 4.78 is 25.7. The molecule has 1 rings (SSSR count). The molecule has 2 N–H and O–H groups in total. The van der Waals surface area contributed by atoms with E-state index < -0.39 is 11.6 Å². The van der Waals surface area contributed by atoms with Gasteiger partial charge in [0.2, 0.25) is 0 Å². The Morgan fingerprint density at radius 3 is 2.33 bits per heavy atom. The second-order valence-corrected chi connectivity index (χ2v) is 2.27. The first-order valence-electron chi connectivity index (χ1n) is 3.56. The first-order valence-corrected chi connectivity index (χ1v) is 3.56. The predicted molar refractivity (Wildman–Crippen MR) is 44.4 cm³/mol. The van der Waals surface area contributed by atoms with Gasteiger partial charge in [-0.2, -0.15) is 0 Å². The summed E-state index contributed by atoms with van der Waals surface area (Å²) in [5, 5.41) is 0. The molecule has 64 valence electrons. The molecule has 0 radical (unpaired) electrons.